The number of hydrogen-bond donors (Lipinski definition) is 2. The minimum Gasteiger partial charge on any atom is -0.350 e. The van der Waals surface area contributed by atoms with Crippen LogP contribution in [0.3, 0.4) is 0 Å². The van der Waals surface area contributed by atoms with E-state index in [1.165, 1.54) is 24.8 Å². The number of hydrogen-bond acceptors (Lipinski definition) is 5. The van der Waals surface area contributed by atoms with Crippen molar-refractivity contribution < 1.29 is 9.59 Å². The quantitative estimate of drug-likeness (QED) is 0.313. The molecule has 8 heteroatoms. The van der Waals surface area contributed by atoms with Crippen LogP contribution in [0.15, 0.2) is 53.2 Å². The van der Waals surface area contributed by atoms with Crippen LogP contribution >= 0.6 is 22.9 Å². The molecule has 3 atom stereocenters. The summed E-state index contributed by atoms with van der Waals surface area (Å²) in [6, 6.07) is 13.4. The molecule has 40 heavy (non-hydrogen) atoms. The van der Waals surface area contributed by atoms with Gasteiger partial charge in [-0.05, 0) is 103 Å². The number of nitrogens with one attached hydrogen (secondary N) is 2. The van der Waals surface area contributed by atoms with Gasteiger partial charge >= 0.3 is 0 Å². The molecule has 2 saturated heterocycles. The minimum atomic E-state index is -0.239. The van der Waals surface area contributed by atoms with Crippen LogP contribution in [0.1, 0.15) is 67.3 Å². The number of benzene rings is 2. The van der Waals surface area contributed by atoms with E-state index in [1.807, 2.05) is 36.4 Å². The lowest BCUT2D eigenvalue weighted by atomic mass is 9.98. The standard InChI is InChI=1S/C32H41ClN4O2S/c1-2-23(27-12-17-40-22-27)21-37-16-10-29(35-30(32(37)39)11-15-36-13-4-3-5-14-36)20-34-31(38)26-7-6-25-19-28(33)9-8-24(25)18-26/h6-9,12,17-19,22-23,29-30,35H,2-5,10-11,13-16,20-21H2,1H3,(H,34,38). The van der Waals surface area contributed by atoms with Gasteiger partial charge in [0.2, 0.25) is 5.91 Å². The van der Waals surface area contributed by atoms with Crippen molar-refractivity contribution >= 4 is 45.5 Å². The molecule has 6 nitrogen and oxygen atoms in total. The minimum absolute atomic E-state index is 0.0322. The second-order valence-corrected chi connectivity index (χ2v) is 12.5. The number of fused-ring (bicyclic) bond motifs is 1. The average Bonchev–Trinajstić information content (AvgIpc) is 3.47. The average molecular weight is 581 g/mol. The van der Waals surface area contributed by atoms with Crippen LogP contribution in [0.25, 0.3) is 10.8 Å². The molecule has 214 valence electrons. The van der Waals surface area contributed by atoms with Gasteiger partial charge < -0.3 is 20.4 Å². The van der Waals surface area contributed by atoms with Crippen molar-refractivity contribution in [2.24, 2.45) is 0 Å². The molecule has 0 radical (unpaired) electrons. The Morgan fingerprint density at radius 2 is 1.90 bits per heavy atom. The third-order valence-electron chi connectivity index (χ3n) is 8.50. The molecule has 0 bridgehead atoms. The fourth-order valence-electron chi connectivity index (χ4n) is 6.04. The van der Waals surface area contributed by atoms with Crippen molar-refractivity contribution in [1.29, 1.82) is 0 Å². The lowest BCUT2D eigenvalue weighted by molar-refractivity contribution is -0.133. The first-order chi connectivity index (χ1) is 19.5. The highest BCUT2D eigenvalue weighted by atomic mass is 35.5. The van der Waals surface area contributed by atoms with Crippen molar-refractivity contribution in [1.82, 2.24) is 20.4 Å². The van der Waals surface area contributed by atoms with Crippen LogP contribution in [0.4, 0.5) is 0 Å². The molecule has 5 rings (SSSR count). The predicted molar refractivity (Wildman–Crippen MR) is 165 cm³/mol. The number of piperidine rings is 1. The highest BCUT2D eigenvalue weighted by Crippen LogP contribution is 2.25. The number of nitrogens with zero attached hydrogens (tertiary/aromatic N) is 2. The van der Waals surface area contributed by atoms with Gasteiger partial charge in [0.05, 0.1) is 6.04 Å². The zero-order valence-corrected chi connectivity index (χ0v) is 25.0. The van der Waals surface area contributed by atoms with Crippen molar-refractivity contribution in [2.45, 2.75) is 63.5 Å². The van der Waals surface area contributed by atoms with Gasteiger partial charge in [-0.3, -0.25) is 9.59 Å². The maximum atomic E-state index is 13.8. The maximum Gasteiger partial charge on any atom is 0.251 e. The molecule has 2 aliphatic rings. The fourth-order valence-corrected chi connectivity index (χ4v) is 6.97. The normalized spacial score (nSPS) is 21.4. The van der Waals surface area contributed by atoms with Crippen molar-refractivity contribution in [3.8, 4) is 0 Å². The van der Waals surface area contributed by atoms with Crippen LogP contribution in [-0.4, -0.2) is 73.0 Å². The summed E-state index contributed by atoms with van der Waals surface area (Å²) < 4.78 is 0. The van der Waals surface area contributed by atoms with Crippen molar-refractivity contribution in [3.63, 3.8) is 0 Å². The molecule has 2 aromatic carbocycles. The van der Waals surface area contributed by atoms with Gasteiger partial charge in [-0.25, -0.2) is 0 Å². The van der Waals surface area contributed by atoms with E-state index in [0.29, 0.717) is 29.6 Å². The highest BCUT2D eigenvalue weighted by Gasteiger charge is 2.32. The highest BCUT2D eigenvalue weighted by molar-refractivity contribution is 7.08. The molecule has 2 amide bonds. The number of likely N-dealkylation sites (tertiary alicyclic amines) is 1. The number of carbonyl (C=O) groups is 2. The molecule has 2 N–H and O–H groups in total. The first-order valence-electron chi connectivity index (χ1n) is 14.8. The molecular weight excluding hydrogens is 540 g/mol. The first-order valence-corrected chi connectivity index (χ1v) is 16.1. The zero-order chi connectivity index (χ0) is 27.9. The third-order valence-corrected chi connectivity index (χ3v) is 9.44. The molecule has 3 unspecified atom stereocenters. The van der Waals surface area contributed by atoms with Gasteiger partial charge in [0, 0.05) is 48.7 Å². The van der Waals surface area contributed by atoms with Crippen molar-refractivity contribution in [2.75, 3.05) is 39.3 Å². The smallest absolute Gasteiger partial charge is 0.251 e. The van der Waals surface area contributed by atoms with Crippen LogP contribution < -0.4 is 10.6 Å². The monoisotopic (exact) mass is 580 g/mol. The van der Waals surface area contributed by atoms with Gasteiger partial charge in [0.25, 0.3) is 5.91 Å². The van der Waals surface area contributed by atoms with Gasteiger partial charge in [-0.2, -0.15) is 11.3 Å². The van der Waals surface area contributed by atoms with E-state index in [4.69, 9.17) is 11.6 Å². The largest absolute Gasteiger partial charge is 0.350 e. The first kappa shape index (κ1) is 29.1. The van der Waals surface area contributed by atoms with Gasteiger partial charge in [-0.1, -0.05) is 37.1 Å². The summed E-state index contributed by atoms with van der Waals surface area (Å²) in [7, 11) is 0. The molecule has 3 heterocycles. The SMILES string of the molecule is CCC(CN1CCC(CNC(=O)c2ccc3cc(Cl)ccc3c2)NC(CCN2CCCCC2)C1=O)c1ccsc1. The zero-order valence-electron chi connectivity index (χ0n) is 23.4. The van der Waals surface area contributed by atoms with E-state index >= 15 is 0 Å². The Bertz CT molecular complexity index is 1280. The number of amides is 2. The van der Waals surface area contributed by atoms with E-state index in [1.54, 1.807) is 11.3 Å². The summed E-state index contributed by atoms with van der Waals surface area (Å²) in [5.41, 5.74) is 1.95. The topological polar surface area (TPSA) is 64.7 Å². The van der Waals surface area contributed by atoms with Crippen LogP contribution in [0, 0.1) is 0 Å². The summed E-state index contributed by atoms with van der Waals surface area (Å²) in [4.78, 5) is 31.5. The molecule has 2 aliphatic heterocycles. The number of thiophene rings is 1. The predicted octanol–water partition coefficient (Wildman–Crippen LogP) is 5.91. The molecule has 0 spiro atoms. The van der Waals surface area contributed by atoms with Crippen molar-refractivity contribution in [3.05, 3.63) is 69.4 Å². The van der Waals surface area contributed by atoms with E-state index < -0.39 is 0 Å². The Kier molecular flexibility index (Phi) is 10.1. The second kappa shape index (κ2) is 13.9. The second-order valence-electron chi connectivity index (χ2n) is 11.3. The van der Waals surface area contributed by atoms with E-state index in [9.17, 15) is 9.59 Å². The Hall–Kier alpha value is -2.45. The summed E-state index contributed by atoms with van der Waals surface area (Å²) >= 11 is 7.83. The molecule has 0 aliphatic carbocycles. The summed E-state index contributed by atoms with van der Waals surface area (Å²) in [6.07, 6.45) is 6.40. The Morgan fingerprint density at radius 3 is 2.67 bits per heavy atom. The Labute approximate surface area is 247 Å². The molecule has 1 aromatic heterocycles. The fraction of sp³-hybridized carbons (Fsp3) is 0.500. The van der Waals surface area contributed by atoms with Gasteiger partial charge in [0.1, 0.15) is 0 Å². The van der Waals surface area contributed by atoms with Gasteiger partial charge in [-0.15, -0.1) is 0 Å². The van der Waals surface area contributed by atoms with E-state index in [0.717, 1.165) is 56.2 Å². The van der Waals surface area contributed by atoms with Crippen LogP contribution in [0.2, 0.25) is 5.02 Å². The summed E-state index contributed by atoms with van der Waals surface area (Å²) in [6.45, 7) is 7.31. The lowest BCUT2D eigenvalue weighted by Gasteiger charge is -2.31. The Morgan fingerprint density at radius 1 is 1.10 bits per heavy atom. The molecule has 3 aromatic rings. The summed E-state index contributed by atoms with van der Waals surface area (Å²) in [5, 5.41) is 13.8. The van der Waals surface area contributed by atoms with Crippen LogP contribution in [0.5, 0.6) is 0 Å². The van der Waals surface area contributed by atoms with E-state index in [2.05, 4.69) is 44.2 Å². The Balaban J connectivity index is 1.25. The number of carbonyl (C=O) groups excluding carboxylic acids is 2. The molecule has 0 saturated carbocycles. The number of halogens is 1. The molecular formula is C32H41ClN4O2S. The maximum absolute atomic E-state index is 13.8. The third kappa shape index (κ3) is 7.43. The lowest BCUT2D eigenvalue weighted by Crippen LogP contribution is -2.50. The summed E-state index contributed by atoms with van der Waals surface area (Å²) in [5.74, 6) is 0.448. The molecule has 2 fully saturated rings. The number of rotatable bonds is 10. The van der Waals surface area contributed by atoms with E-state index in [-0.39, 0.29) is 23.9 Å². The van der Waals surface area contributed by atoms with Crippen LogP contribution in [-0.2, 0) is 4.79 Å². The van der Waals surface area contributed by atoms with Gasteiger partial charge in [0.15, 0.2) is 0 Å².